The second kappa shape index (κ2) is 10.00. The van der Waals surface area contributed by atoms with Gasteiger partial charge in [-0.2, -0.15) is 0 Å². The van der Waals surface area contributed by atoms with E-state index in [1.165, 1.54) is 30.3 Å². The molecule has 0 aliphatic rings. The molecule has 0 heterocycles. The molecule has 0 atom stereocenters. The van der Waals surface area contributed by atoms with Crippen molar-refractivity contribution in [3.63, 3.8) is 0 Å². The Morgan fingerprint density at radius 2 is 1.66 bits per heavy atom. The summed E-state index contributed by atoms with van der Waals surface area (Å²) in [6.07, 6.45) is 1.50. The summed E-state index contributed by atoms with van der Waals surface area (Å²) in [6, 6.07) is 12.6. The number of rotatable bonds is 8. The van der Waals surface area contributed by atoms with Gasteiger partial charge in [-0.1, -0.05) is 12.1 Å². The summed E-state index contributed by atoms with van der Waals surface area (Å²) in [4.78, 5) is 36.8. The molecule has 0 aromatic heterocycles. The van der Waals surface area contributed by atoms with Gasteiger partial charge in [0.05, 0.1) is 4.92 Å². The van der Waals surface area contributed by atoms with Crippen LogP contribution in [0, 0.1) is 10.1 Å². The number of hydrazine groups is 1. The summed E-state index contributed by atoms with van der Waals surface area (Å²) in [7, 11) is 0. The molecule has 0 aliphatic heterocycles. The number of nitro groups is 1. The van der Waals surface area contributed by atoms with Gasteiger partial charge in [-0.05, 0) is 49.8 Å². The molecule has 2 aromatic carbocycles. The van der Waals surface area contributed by atoms with Crippen LogP contribution in [-0.2, 0) is 4.79 Å². The Labute approximate surface area is 168 Å². The molecule has 2 aromatic rings. The number of hydrogen-bond acceptors (Lipinski definition) is 6. The number of carbonyl (C=O) groups excluding carboxylic acids is 2. The summed E-state index contributed by atoms with van der Waals surface area (Å²) in [5, 5.41) is 13.2. The van der Waals surface area contributed by atoms with Crippen molar-refractivity contribution in [3.05, 3.63) is 75.5 Å². The average molecular weight is 397 g/mol. The van der Waals surface area contributed by atoms with Crippen molar-refractivity contribution < 1.29 is 14.5 Å². The van der Waals surface area contributed by atoms with Crippen molar-refractivity contribution in [3.8, 4) is 0 Å². The Balaban J connectivity index is 2.23. The van der Waals surface area contributed by atoms with Crippen LogP contribution in [-0.4, -0.2) is 29.8 Å². The lowest BCUT2D eigenvalue weighted by Crippen LogP contribution is -2.38. The van der Waals surface area contributed by atoms with E-state index in [0.717, 1.165) is 18.8 Å². The van der Waals surface area contributed by atoms with Gasteiger partial charge in [-0.3, -0.25) is 25.1 Å². The number of nitrogens with two attached hydrogens (primary N) is 1. The maximum absolute atomic E-state index is 12.4. The fourth-order valence-corrected chi connectivity index (χ4v) is 2.70. The molecule has 0 spiro atoms. The third-order valence-corrected chi connectivity index (χ3v) is 4.30. The SMILES string of the molecule is CCN(CC)c1ccc(C=C(NC(=O)c2ccc([N+](=O)[O-])cc2)C(=O)NN)cc1. The molecule has 2 rings (SSSR count). The van der Waals surface area contributed by atoms with Crippen LogP contribution in [0.2, 0.25) is 0 Å². The van der Waals surface area contributed by atoms with E-state index in [1.54, 1.807) is 0 Å². The highest BCUT2D eigenvalue weighted by molar-refractivity contribution is 6.05. The van der Waals surface area contributed by atoms with E-state index in [1.807, 2.05) is 29.7 Å². The van der Waals surface area contributed by atoms with Crippen molar-refractivity contribution >= 4 is 29.3 Å². The number of amides is 2. The zero-order chi connectivity index (χ0) is 21.4. The molecule has 4 N–H and O–H groups in total. The molecule has 9 heteroatoms. The molecule has 0 unspecified atom stereocenters. The third-order valence-electron chi connectivity index (χ3n) is 4.30. The molecule has 152 valence electrons. The highest BCUT2D eigenvalue weighted by Gasteiger charge is 2.15. The first kappa shape index (κ1) is 21.6. The Morgan fingerprint density at radius 3 is 2.14 bits per heavy atom. The predicted molar refractivity (Wildman–Crippen MR) is 111 cm³/mol. The quantitative estimate of drug-likeness (QED) is 0.206. The van der Waals surface area contributed by atoms with Gasteiger partial charge in [0.1, 0.15) is 5.70 Å². The van der Waals surface area contributed by atoms with Crippen LogP contribution in [0.5, 0.6) is 0 Å². The minimum Gasteiger partial charge on any atom is -0.372 e. The van der Waals surface area contributed by atoms with Crippen LogP contribution in [0.25, 0.3) is 6.08 Å². The Morgan fingerprint density at radius 1 is 1.07 bits per heavy atom. The zero-order valence-electron chi connectivity index (χ0n) is 16.2. The first-order valence-electron chi connectivity index (χ1n) is 9.03. The second-order valence-electron chi connectivity index (χ2n) is 6.05. The number of anilines is 1. The number of hydrogen-bond donors (Lipinski definition) is 3. The molecule has 0 radical (unpaired) electrons. The fraction of sp³-hybridized carbons (Fsp3) is 0.200. The molecular formula is C20H23N5O4. The average Bonchev–Trinajstić information content (AvgIpc) is 2.74. The summed E-state index contributed by atoms with van der Waals surface area (Å²) < 4.78 is 0. The van der Waals surface area contributed by atoms with Crippen LogP contribution in [0.1, 0.15) is 29.8 Å². The maximum Gasteiger partial charge on any atom is 0.281 e. The summed E-state index contributed by atoms with van der Waals surface area (Å²) >= 11 is 0. The Hall–Kier alpha value is -3.72. The van der Waals surface area contributed by atoms with E-state index in [2.05, 4.69) is 24.1 Å². The van der Waals surface area contributed by atoms with Crippen molar-refractivity contribution in [2.75, 3.05) is 18.0 Å². The maximum atomic E-state index is 12.4. The van der Waals surface area contributed by atoms with Crippen LogP contribution >= 0.6 is 0 Å². The summed E-state index contributed by atoms with van der Waals surface area (Å²) in [6.45, 7) is 5.87. The van der Waals surface area contributed by atoms with Gasteiger partial charge >= 0.3 is 0 Å². The monoisotopic (exact) mass is 397 g/mol. The summed E-state index contributed by atoms with van der Waals surface area (Å²) in [5.41, 5.74) is 3.73. The number of non-ortho nitro benzene ring substituents is 1. The smallest absolute Gasteiger partial charge is 0.281 e. The van der Waals surface area contributed by atoms with Crippen molar-refractivity contribution in [2.24, 2.45) is 5.84 Å². The number of nitrogens with zero attached hydrogens (tertiary/aromatic N) is 2. The number of nitrogens with one attached hydrogen (secondary N) is 2. The molecule has 0 saturated carbocycles. The molecule has 0 bridgehead atoms. The van der Waals surface area contributed by atoms with Gasteiger partial charge in [0, 0.05) is 36.5 Å². The standard InChI is InChI=1S/C20H23N5O4/c1-3-24(4-2)16-9-5-14(6-10-16)13-18(20(27)23-21)22-19(26)15-7-11-17(12-8-15)25(28)29/h5-13H,3-4,21H2,1-2H3,(H,22,26)(H,23,27). The van der Waals surface area contributed by atoms with Crippen molar-refractivity contribution in [2.45, 2.75) is 13.8 Å². The topological polar surface area (TPSA) is 131 Å². The minimum absolute atomic E-state index is 0.0496. The van der Waals surface area contributed by atoms with Gasteiger partial charge in [-0.15, -0.1) is 0 Å². The van der Waals surface area contributed by atoms with Crippen LogP contribution < -0.4 is 21.5 Å². The lowest BCUT2D eigenvalue weighted by atomic mass is 10.1. The molecule has 29 heavy (non-hydrogen) atoms. The van der Waals surface area contributed by atoms with Crippen LogP contribution in [0.15, 0.2) is 54.2 Å². The minimum atomic E-state index is -0.673. The van der Waals surface area contributed by atoms with Gasteiger partial charge in [0.25, 0.3) is 17.5 Å². The molecule has 9 nitrogen and oxygen atoms in total. The Bertz CT molecular complexity index is 903. The predicted octanol–water partition coefficient (Wildman–Crippen LogP) is 2.20. The zero-order valence-corrected chi connectivity index (χ0v) is 16.2. The van der Waals surface area contributed by atoms with Gasteiger partial charge in [0.15, 0.2) is 0 Å². The number of benzene rings is 2. The van der Waals surface area contributed by atoms with E-state index in [-0.39, 0.29) is 16.9 Å². The van der Waals surface area contributed by atoms with Gasteiger partial charge in [-0.25, -0.2) is 5.84 Å². The Kier molecular flexibility index (Phi) is 7.44. The molecule has 0 aliphatic carbocycles. The molecule has 0 fully saturated rings. The third kappa shape index (κ3) is 5.63. The van der Waals surface area contributed by atoms with Crippen LogP contribution in [0.4, 0.5) is 11.4 Å². The lowest BCUT2D eigenvalue weighted by molar-refractivity contribution is -0.384. The number of nitro benzene ring substituents is 1. The molecular weight excluding hydrogens is 374 g/mol. The normalized spacial score (nSPS) is 10.9. The second-order valence-corrected chi connectivity index (χ2v) is 6.05. The van der Waals surface area contributed by atoms with E-state index < -0.39 is 16.7 Å². The van der Waals surface area contributed by atoms with Crippen molar-refractivity contribution in [1.82, 2.24) is 10.7 Å². The van der Waals surface area contributed by atoms with E-state index in [4.69, 9.17) is 5.84 Å². The first-order chi connectivity index (χ1) is 13.9. The van der Waals surface area contributed by atoms with Crippen molar-refractivity contribution in [1.29, 1.82) is 0 Å². The molecule has 2 amide bonds. The summed E-state index contributed by atoms with van der Waals surface area (Å²) in [5.74, 6) is 3.96. The van der Waals surface area contributed by atoms with E-state index in [9.17, 15) is 19.7 Å². The van der Waals surface area contributed by atoms with E-state index >= 15 is 0 Å². The highest BCUT2D eigenvalue weighted by Crippen LogP contribution is 2.17. The molecule has 0 saturated heterocycles. The lowest BCUT2D eigenvalue weighted by Gasteiger charge is -2.20. The van der Waals surface area contributed by atoms with Gasteiger partial charge < -0.3 is 10.2 Å². The number of carbonyl (C=O) groups is 2. The first-order valence-corrected chi connectivity index (χ1v) is 9.03. The fourth-order valence-electron chi connectivity index (χ4n) is 2.70. The van der Waals surface area contributed by atoms with Gasteiger partial charge in [0.2, 0.25) is 0 Å². The van der Waals surface area contributed by atoms with Crippen LogP contribution in [0.3, 0.4) is 0 Å². The highest BCUT2D eigenvalue weighted by atomic mass is 16.6. The largest absolute Gasteiger partial charge is 0.372 e. The van der Waals surface area contributed by atoms with E-state index in [0.29, 0.717) is 5.56 Å².